The molecule has 2 aromatic heterocycles. The number of aromatic amines is 3. The molecule has 0 radical (unpaired) electrons. The van der Waals surface area contributed by atoms with Crippen LogP contribution in [0.5, 0.6) is 0 Å². The molecule has 4 aromatic rings. The summed E-state index contributed by atoms with van der Waals surface area (Å²) in [5.74, 6) is 0. The Balaban J connectivity index is 1.87. The van der Waals surface area contributed by atoms with Crippen molar-refractivity contribution in [2.24, 2.45) is 0 Å². The van der Waals surface area contributed by atoms with E-state index in [1.165, 1.54) is 0 Å². The monoisotopic (exact) mass is 386 g/mol. The van der Waals surface area contributed by atoms with E-state index in [-0.39, 0.29) is 27.2 Å². The van der Waals surface area contributed by atoms with Gasteiger partial charge < -0.3 is 15.0 Å². The largest absolute Gasteiger partial charge is 0.348 e. The number of imidazole rings is 1. The van der Waals surface area contributed by atoms with Gasteiger partial charge >= 0.3 is 0 Å². The molecule has 3 N–H and O–H groups in total. The highest BCUT2D eigenvalue weighted by Gasteiger charge is 2.19. The molecular formula is C23H22N4O2. The number of H-pyrrole nitrogens is 3. The van der Waals surface area contributed by atoms with Crippen molar-refractivity contribution in [1.82, 2.24) is 19.9 Å². The first-order valence-corrected chi connectivity index (χ1v) is 9.40. The fraction of sp³-hybridized carbons (Fsp3) is 0.174. The second-order valence-corrected chi connectivity index (χ2v) is 8.01. The van der Waals surface area contributed by atoms with E-state index in [1.807, 2.05) is 63.2 Å². The van der Waals surface area contributed by atoms with Crippen molar-refractivity contribution in [3.63, 3.8) is 0 Å². The Morgan fingerprint density at radius 1 is 0.862 bits per heavy atom. The normalized spacial score (nSPS) is 13.3. The molecule has 146 valence electrons. The molecule has 0 aliphatic carbocycles. The van der Waals surface area contributed by atoms with Crippen molar-refractivity contribution in [2.45, 2.75) is 26.2 Å². The smallest absolute Gasteiger partial charge is 0.272 e. The average Bonchev–Trinajstić information content (AvgIpc) is 3.15. The lowest BCUT2D eigenvalue weighted by Crippen LogP contribution is -2.46. The van der Waals surface area contributed by atoms with Crippen LogP contribution < -0.4 is 21.8 Å². The SMILES string of the molecule is CC(C)(C)c1[nH]cnc1/C=c1/[nH]c(=O)/c(=C\c2cccc3ccccc23)[nH]c1=O. The molecule has 0 aliphatic heterocycles. The summed E-state index contributed by atoms with van der Waals surface area (Å²) in [6.07, 6.45) is 4.88. The van der Waals surface area contributed by atoms with E-state index in [0.29, 0.717) is 5.69 Å². The van der Waals surface area contributed by atoms with Gasteiger partial charge in [-0.1, -0.05) is 63.2 Å². The van der Waals surface area contributed by atoms with Gasteiger partial charge in [0.1, 0.15) is 10.7 Å². The zero-order valence-corrected chi connectivity index (χ0v) is 16.5. The number of nitrogens with one attached hydrogen (secondary N) is 3. The van der Waals surface area contributed by atoms with Gasteiger partial charge in [0.15, 0.2) is 0 Å². The molecule has 0 aliphatic rings. The van der Waals surface area contributed by atoms with Crippen molar-refractivity contribution < 1.29 is 0 Å². The van der Waals surface area contributed by atoms with E-state index < -0.39 is 0 Å². The zero-order chi connectivity index (χ0) is 20.6. The van der Waals surface area contributed by atoms with E-state index >= 15 is 0 Å². The van der Waals surface area contributed by atoms with Crippen LogP contribution in [0.4, 0.5) is 0 Å². The van der Waals surface area contributed by atoms with Crippen molar-refractivity contribution in [3.8, 4) is 0 Å². The Kier molecular flexibility index (Phi) is 4.54. The maximum absolute atomic E-state index is 12.6. The Morgan fingerprint density at radius 2 is 1.52 bits per heavy atom. The number of rotatable bonds is 2. The maximum Gasteiger partial charge on any atom is 0.272 e. The van der Waals surface area contributed by atoms with Gasteiger partial charge in [0.25, 0.3) is 11.1 Å². The predicted octanol–water partition coefficient (Wildman–Crippen LogP) is 1.89. The number of fused-ring (bicyclic) bond motifs is 1. The van der Waals surface area contributed by atoms with Crippen LogP contribution in [0.25, 0.3) is 22.9 Å². The van der Waals surface area contributed by atoms with Crippen LogP contribution in [0.1, 0.15) is 37.7 Å². The first-order chi connectivity index (χ1) is 13.8. The zero-order valence-electron chi connectivity index (χ0n) is 16.5. The first kappa shape index (κ1) is 18.7. The molecule has 2 heterocycles. The Labute approximate surface area is 166 Å². The lowest BCUT2D eigenvalue weighted by Gasteiger charge is -2.16. The van der Waals surface area contributed by atoms with Gasteiger partial charge in [-0.05, 0) is 28.5 Å². The highest BCUT2D eigenvalue weighted by Crippen LogP contribution is 2.22. The molecular weight excluding hydrogens is 364 g/mol. The molecule has 0 amide bonds. The van der Waals surface area contributed by atoms with E-state index in [0.717, 1.165) is 22.0 Å². The summed E-state index contributed by atoms with van der Waals surface area (Å²) in [4.78, 5) is 38.0. The highest BCUT2D eigenvalue weighted by atomic mass is 16.1. The minimum Gasteiger partial charge on any atom is -0.348 e. The topological polar surface area (TPSA) is 94.4 Å². The highest BCUT2D eigenvalue weighted by molar-refractivity contribution is 5.90. The number of hydrogen-bond acceptors (Lipinski definition) is 3. The van der Waals surface area contributed by atoms with Crippen LogP contribution in [0, 0.1) is 0 Å². The second kappa shape index (κ2) is 7.05. The molecule has 0 bridgehead atoms. The molecule has 0 fully saturated rings. The summed E-state index contributed by atoms with van der Waals surface area (Å²) >= 11 is 0. The summed E-state index contributed by atoms with van der Waals surface area (Å²) in [7, 11) is 0. The summed E-state index contributed by atoms with van der Waals surface area (Å²) in [5, 5.41) is 2.46. The third kappa shape index (κ3) is 3.69. The lowest BCUT2D eigenvalue weighted by molar-refractivity contribution is 0.571. The first-order valence-electron chi connectivity index (χ1n) is 9.40. The molecule has 0 unspecified atom stereocenters. The van der Waals surface area contributed by atoms with E-state index in [9.17, 15) is 9.59 Å². The van der Waals surface area contributed by atoms with Gasteiger partial charge in [0.05, 0.1) is 12.0 Å². The van der Waals surface area contributed by atoms with Crippen LogP contribution in [0.3, 0.4) is 0 Å². The summed E-state index contributed by atoms with van der Waals surface area (Å²) in [6.45, 7) is 6.15. The number of nitrogens with zero attached hydrogens (tertiary/aromatic N) is 1. The lowest BCUT2D eigenvalue weighted by atomic mass is 9.90. The molecule has 0 atom stereocenters. The van der Waals surface area contributed by atoms with Crippen LogP contribution in [0.2, 0.25) is 0 Å². The van der Waals surface area contributed by atoms with Gasteiger partial charge in [0, 0.05) is 11.1 Å². The molecule has 4 rings (SSSR count). The second-order valence-electron chi connectivity index (χ2n) is 8.01. The van der Waals surface area contributed by atoms with Crippen LogP contribution >= 0.6 is 0 Å². The molecule has 0 saturated heterocycles. The van der Waals surface area contributed by atoms with Gasteiger partial charge in [-0.25, -0.2) is 4.98 Å². The molecule has 6 heteroatoms. The van der Waals surface area contributed by atoms with Crippen LogP contribution in [0.15, 0.2) is 58.4 Å². The molecule has 6 nitrogen and oxygen atoms in total. The predicted molar refractivity (Wildman–Crippen MR) is 115 cm³/mol. The van der Waals surface area contributed by atoms with Crippen LogP contribution in [-0.4, -0.2) is 19.9 Å². The quantitative estimate of drug-likeness (QED) is 0.491. The number of hydrogen-bond donors (Lipinski definition) is 3. The third-order valence-corrected chi connectivity index (χ3v) is 4.81. The fourth-order valence-electron chi connectivity index (χ4n) is 3.38. The maximum atomic E-state index is 12.6. The van der Waals surface area contributed by atoms with Crippen molar-refractivity contribution >= 4 is 22.9 Å². The minimum atomic E-state index is -0.376. The Hall–Kier alpha value is -3.67. The minimum absolute atomic E-state index is 0.169. The summed E-state index contributed by atoms with van der Waals surface area (Å²) < 4.78 is 0. The standard InChI is InChI=1S/C23H22N4O2/c1-23(2,3)20-17(24-13-25-20)12-19-22(29)26-18(21(28)27-19)11-15-9-6-8-14-7-4-5-10-16(14)15/h4-13H,1-3H3,(H,24,25)(H,26,29)(H,27,28)/b18-11+,19-12+. The fourth-order valence-corrected chi connectivity index (χ4v) is 3.38. The van der Waals surface area contributed by atoms with Gasteiger partial charge in [-0.2, -0.15) is 0 Å². The van der Waals surface area contributed by atoms with Gasteiger partial charge in [-0.15, -0.1) is 0 Å². The van der Waals surface area contributed by atoms with E-state index in [2.05, 4.69) is 19.9 Å². The number of aromatic nitrogens is 4. The van der Waals surface area contributed by atoms with Gasteiger partial charge in [-0.3, -0.25) is 9.59 Å². The summed E-state index contributed by atoms with van der Waals surface area (Å²) in [5.41, 5.74) is 1.48. The van der Waals surface area contributed by atoms with E-state index in [4.69, 9.17) is 0 Å². The molecule has 0 saturated carbocycles. The van der Waals surface area contributed by atoms with Gasteiger partial charge in [0.2, 0.25) is 0 Å². The van der Waals surface area contributed by atoms with Crippen molar-refractivity contribution in [3.05, 3.63) is 97.1 Å². The third-order valence-electron chi connectivity index (χ3n) is 4.81. The number of benzene rings is 2. The van der Waals surface area contributed by atoms with Crippen molar-refractivity contribution in [2.75, 3.05) is 0 Å². The van der Waals surface area contributed by atoms with E-state index in [1.54, 1.807) is 18.5 Å². The average molecular weight is 386 g/mol. The van der Waals surface area contributed by atoms with Crippen molar-refractivity contribution in [1.29, 1.82) is 0 Å². The Morgan fingerprint density at radius 3 is 2.24 bits per heavy atom. The molecule has 0 spiro atoms. The summed E-state index contributed by atoms with van der Waals surface area (Å²) in [6, 6.07) is 13.8. The Bertz CT molecular complexity index is 1430. The molecule has 29 heavy (non-hydrogen) atoms. The molecule has 2 aromatic carbocycles. The van der Waals surface area contributed by atoms with Crippen LogP contribution in [-0.2, 0) is 5.41 Å².